The standard InChI is InChI=1S/C22H24N4O3/c1-4-15(21-24-16-7-5-13(2)11-18(16)25-21)26-22(27)14-6-8-17-19(12-14)29-20(23-17)9-10-28-3/h5-8,11-12,15H,4,9-10H2,1-3H3,(H,24,25)(H,26,27)/t15-/m1/s1. The van der Waals surface area contributed by atoms with Crippen LogP contribution in [0.4, 0.5) is 0 Å². The lowest BCUT2D eigenvalue weighted by atomic mass is 10.1. The molecule has 0 saturated heterocycles. The number of oxazole rings is 1. The van der Waals surface area contributed by atoms with Crippen LogP contribution in [0.3, 0.4) is 0 Å². The van der Waals surface area contributed by atoms with Gasteiger partial charge in [0.2, 0.25) is 0 Å². The fourth-order valence-electron chi connectivity index (χ4n) is 3.32. The third kappa shape index (κ3) is 4.00. The molecule has 0 aliphatic carbocycles. The van der Waals surface area contributed by atoms with Crippen molar-refractivity contribution in [2.45, 2.75) is 32.7 Å². The number of fused-ring (bicyclic) bond motifs is 2. The molecule has 0 aliphatic heterocycles. The van der Waals surface area contributed by atoms with E-state index in [4.69, 9.17) is 9.15 Å². The number of aromatic nitrogens is 3. The number of rotatable bonds is 7. The van der Waals surface area contributed by atoms with Gasteiger partial charge in [0.25, 0.3) is 5.91 Å². The molecular formula is C22H24N4O3. The number of imidazole rings is 1. The van der Waals surface area contributed by atoms with Crippen molar-refractivity contribution in [2.75, 3.05) is 13.7 Å². The average molecular weight is 392 g/mol. The summed E-state index contributed by atoms with van der Waals surface area (Å²) in [6, 6.07) is 11.1. The van der Waals surface area contributed by atoms with E-state index in [-0.39, 0.29) is 11.9 Å². The highest BCUT2D eigenvalue weighted by atomic mass is 16.5. The Kier molecular flexibility index (Phi) is 5.31. The molecule has 2 aromatic carbocycles. The summed E-state index contributed by atoms with van der Waals surface area (Å²) in [6.45, 7) is 4.60. The number of amides is 1. The topological polar surface area (TPSA) is 93.0 Å². The number of aryl methyl sites for hydroxylation is 1. The molecule has 2 aromatic heterocycles. The molecule has 1 amide bonds. The first-order valence-electron chi connectivity index (χ1n) is 9.73. The summed E-state index contributed by atoms with van der Waals surface area (Å²) in [5.41, 5.74) is 4.88. The third-order valence-electron chi connectivity index (χ3n) is 4.91. The highest BCUT2D eigenvalue weighted by Crippen LogP contribution is 2.21. The van der Waals surface area contributed by atoms with E-state index in [1.54, 1.807) is 25.3 Å². The van der Waals surface area contributed by atoms with Crippen molar-refractivity contribution in [3.05, 3.63) is 59.2 Å². The molecule has 0 saturated carbocycles. The van der Waals surface area contributed by atoms with Gasteiger partial charge in [-0.05, 0) is 49.2 Å². The Bertz CT molecular complexity index is 1160. The summed E-state index contributed by atoms with van der Waals surface area (Å²) in [7, 11) is 1.64. The van der Waals surface area contributed by atoms with E-state index in [1.807, 2.05) is 26.0 Å². The highest BCUT2D eigenvalue weighted by molar-refractivity contribution is 5.97. The lowest BCUT2D eigenvalue weighted by Gasteiger charge is -2.14. The van der Waals surface area contributed by atoms with Crippen molar-refractivity contribution in [3.63, 3.8) is 0 Å². The molecule has 0 radical (unpaired) electrons. The fraction of sp³-hybridized carbons (Fsp3) is 0.318. The van der Waals surface area contributed by atoms with E-state index in [0.29, 0.717) is 30.1 Å². The monoisotopic (exact) mass is 392 g/mol. The summed E-state index contributed by atoms with van der Waals surface area (Å²) in [5.74, 6) is 1.18. The number of carbonyl (C=O) groups is 1. The maximum absolute atomic E-state index is 12.8. The number of benzene rings is 2. The Labute approximate surface area is 168 Å². The van der Waals surface area contributed by atoms with E-state index in [9.17, 15) is 4.79 Å². The molecule has 1 atom stereocenters. The fourth-order valence-corrected chi connectivity index (χ4v) is 3.32. The Morgan fingerprint density at radius 3 is 2.83 bits per heavy atom. The van der Waals surface area contributed by atoms with Crippen LogP contribution in [0.2, 0.25) is 0 Å². The van der Waals surface area contributed by atoms with Crippen molar-refractivity contribution >= 4 is 28.0 Å². The largest absolute Gasteiger partial charge is 0.441 e. The first-order valence-corrected chi connectivity index (χ1v) is 9.73. The molecule has 7 nitrogen and oxygen atoms in total. The average Bonchev–Trinajstić information content (AvgIpc) is 3.32. The number of hydrogen-bond donors (Lipinski definition) is 2. The quantitative estimate of drug-likeness (QED) is 0.494. The number of carbonyl (C=O) groups excluding carboxylic acids is 1. The predicted octanol–water partition coefficient (Wildman–Crippen LogP) is 4.08. The van der Waals surface area contributed by atoms with E-state index in [0.717, 1.165) is 34.4 Å². The van der Waals surface area contributed by atoms with Gasteiger partial charge in [-0.2, -0.15) is 0 Å². The summed E-state index contributed by atoms with van der Waals surface area (Å²) in [5, 5.41) is 3.07. The van der Waals surface area contributed by atoms with Crippen LogP contribution in [0.5, 0.6) is 0 Å². The zero-order chi connectivity index (χ0) is 20.4. The van der Waals surface area contributed by atoms with Gasteiger partial charge in [0.1, 0.15) is 11.3 Å². The van der Waals surface area contributed by atoms with Crippen molar-refractivity contribution in [2.24, 2.45) is 0 Å². The van der Waals surface area contributed by atoms with Crippen molar-refractivity contribution in [1.29, 1.82) is 0 Å². The SMILES string of the molecule is CC[C@@H](NC(=O)c1ccc2nc(CCOC)oc2c1)c1nc2ccc(C)cc2[nH]1. The lowest BCUT2D eigenvalue weighted by molar-refractivity contribution is 0.0934. The van der Waals surface area contributed by atoms with E-state index >= 15 is 0 Å². The van der Waals surface area contributed by atoms with Crippen LogP contribution in [0.25, 0.3) is 22.1 Å². The Morgan fingerprint density at radius 2 is 2.03 bits per heavy atom. The number of nitrogens with one attached hydrogen (secondary N) is 2. The number of ether oxygens (including phenoxy) is 1. The van der Waals surface area contributed by atoms with Gasteiger partial charge in [-0.15, -0.1) is 0 Å². The number of aromatic amines is 1. The van der Waals surface area contributed by atoms with Gasteiger partial charge in [0.15, 0.2) is 11.5 Å². The van der Waals surface area contributed by atoms with Crippen LogP contribution in [0, 0.1) is 6.92 Å². The molecule has 0 unspecified atom stereocenters. The van der Waals surface area contributed by atoms with Gasteiger partial charge in [-0.3, -0.25) is 4.79 Å². The molecule has 0 bridgehead atoms. The molecule has 0 aliphatic rings. The minimum absolute atomic E-state index is 0.176. The summed E-state index contributed by atoms with van der Waals surface area (Å²) < 4.78 is 10.8. The second-order valence-electron chi connectivity index (χ2n) is 7.11. The molecular weight excluding hydrogens is 368 g/mol. The minimum Gasteiger partial charge on any atom is -0.441 e. The second kappa shape index (κ2) is 8.05. The maximum Gasteiger partial charge on any atom is 0.252 e. The van der Waals surface area contributed by atoms with Crippen molar-refractivity contribution < 1.29 is 13.9 Å². The molecule has 4 aromatic rings. The lowest BCUT2D eigenvalue weighted by Crippen LogP contribution is -2.28. The van der Waals surface area contributed by atoms with E-state index in [2.05, 4.69) is 26.3 Å². The van der Waals surface area contributed by atoms with Gasteiger partial charge in [0.05, 0.1) is 23.7 Å². The van der Waals surface area contributed by atoms with Crippen LogP contribution in [0.1, 0.15) is 47.0 Å². The van der Waals surface area contributed by atoms with Gasteiger partial charge in [0, 0.05) is 19.1 Å². The molecule has 7 heteroatoms. The van der Waals surface area contributed by atoms with Crippen molar-refractivity contribution in [3.8, 4) is 0 Å². The second-order valence-corrected chi connectivity index (χ2v) is 7.11. The summed E-state index contributed by atoms with van der Waals surface area (Å²) >= 11 is 0. The van der Waals surface area contributed by atoms with Crippen LogP contribution in [-0.2, 0) is 11.2 Å². The van der Waals surface area contributed by atoms with Gasteiger partial charge in [-0.25, -0.2) is 9.97 Å². The number of methoxy groups -OCH3 is 1. The Balaban J connectivity index is 1.54. The zero-order valence-corrected chi connectivity index (χ0v) is 16.8. The maximum atomic E-state index is 12.8. The summed E-state index contributed by atoms with van der Waals surface area (Å²) in [6.07, 6.45) is 1.31. The summed E-state index contributed by atoms with van der Waals surface area (Å²) in [4.78, 5) is 25.2. The van der Waals surface area contributed by atoms with E-state index < -0.39 is 0 Å². The van der Waals surface area contributed by atoms with Gasteiger partial charge >= 0.3 is 0 Å². The molecule has 0 fully saturated rings. The molecule has 0 spiro atoms. The van der Waals surface area contributed by atoms with Crippen LogP contribution >= 0.6 is 0 Å². The molecule has 150 valence electrons. The van der Waals surface area contributed by atoms with Crippen molar-refractivity contribution in [1.82, 2.24) is 20.3 Å². The Hall–Kier alpha value is -3.19. The number of nitrogens with zero attached hydrogens (tertiary/aromatic N) is 2. The zero-order valence-electron chi connectivity index (χ0n) is 16.8. The molecule has 4 rings (SSSR count). The highest BCUT2D eigenvalue weighted by Gasteiger charge is 2.18. The van der Waals surface area contributed by atoms with E-state index in [1.165, 1.54) is 0 Å². The normalized spacial score (nSPS) is 12.5. The minimum atomic E-state index is -0.210. The molecule has 2 heterocycles. The molecule has 29 heavy (non-hydrogen) atoms. The van der Waals surface area contributed by atoms with Crippen LogP contribution in [-0.4, -0.2) is 34.6 Å². The Morgan fingerprint density at radius 1 is 1.21 bits per heavy atom. The third-order valence-corrected chi connectivity index (χ3v) is 4.91. The van der Waals surface area contributed by atoms with Crippen LogP contribution in [0.15, 0.2) is 40.8 Å². The molecule has 2 N–H and O–H groups in total. The number of hydrogen-bond acceptors (Lipinski definition) is 5. The first kappa shape index (κ1) is 19.1. The van der Waals surface area contributed by atoms with Gasteiger partial charge < -0.3 is 19.5 Å². The van der Waals surface area contributed by atoms with Crippen LogP contribution < -0.4 is 5.32 Å². The smallest absolute Gasteiger partial charge is 0.252 e. The predicted molar refractivity (Wildman–Crippen MR) is 111 cm³/mol. The van der Waals surface area contributed by atoms with Gasteiger partial charge in [-0.1, -0.05) is 13.0 Å². The first-order chi connectivity index (χ1) is 14.1. The number of H-pyrrole nitrogens is 1.